The van der Waals surface area contributed by atoms with Crippen LogP contribution in [0.25, 0.3) is 0 Å². The van der Waals surface area contributed by atoms with Crippen LogP contribution in [0.4, 0.5) is 5.69 Å². The predicted molar refractivity (Wildman–Crippen MR) is 77.4 cm³/mol. The molecule has 1 aromatic heterocycles. The quantitative estimate of drug-likeness (QED) is 0.775. The number of ether oxygens (including phenoxy) is 2. The standard InChI is InChI=1S/C14H25N3O2/c1-11(10-19-4)17(7-8-18-3)13-5-6-14(12(2)15)16-9-13/h5-6,9,11-12H,7-8,10,15H2,1-4H3/t11?,12-/m1/s1. The van der Waals surface area contributed by atoms with Gasteiger partial charge in [0.15, 0.2) is 0 Å². The highest BCUT2D eigenvalue weighted by atomic mass is 16.5. The zero-order valence-electron chi connectivity index (χ0n) is 12.3. The summed E-state index contributed by atoms with van der Waals surface area (Å²) in [5.41, 5.74) is 7.77. The molecular weight excluding hydrogens is 242 g/mol. The van der Waals surface area contributed by atoms with Crippen molar-refractivity contribution in [2.75, 3.05) is 38.9 Å². The Kier molecular flexibility index (Phi) is 6.77. The van der Waals surface area contributed by atoms with Crippen molar-refractivity contribution in [3.8, 4) is 0 Å². The van der Waals surface area contributed by atoms with Crippen molar-refractivity contribution in [1.82, 2.24) is 4.98 Å². The summed E-state index contributed by atoms with van der Waals surface area (Å²) < 4.78 is 10.4. The number of nitrogens with zero attached hydrogens (tertiary/aromatic N) is 2. The van der Waals surface area contributed by atoms with Crippen LogP contribution in [0.1, 0.15) is 25.6 Å². The Bertz CT molecular complexity index is 354. The third-order valence-corrected chi connectivity index (χ3v) is 3.05. The second-order valence-corrected chi connectivity index (χ2v) is 4.72. The normalized spacial score (nSPS) is 14.2. The van der Waals surface area contributed by atoms with Gasteiger partial charge in [-0.3, -0.25) is 4.98 Å². The molecule has 0 fully saturated rings. The topological polar surface area (TPSA) is 60.6 Å². The van der Waals surface area contributed by atoms with E-state index in [1.54, 1.807) is 14.2 Å². The number of anilines is 1. The van der Waals surface area contributed by atoms with E-state index in [-0.39, 0.29) is 12.1 Å². The van der Waals surface area contributed by atoms with E-state index < -0.39 is 0 Å². The summed E-state index contributed by atoms with van der Waals surface area (Å²) in [5, 5.41) is 0. The van der Waals surface area contributed by atoms with Gasteiger partial charge in [-0.05, 0) is 26.0 Å². The van der Waals surface area contributed by atoms with Crippen LogP contribution in [0.5, 0.6) is 0 Å². The summed E-state index contributed by atoms with van der Waals surface area (Å²) >= 11 is 0. The fourth-order valence-corrected chi connectivity index (χ4v) is 1.96. The first-order valence-corrected chi connectivity index (χ1v) is 6.56. The lowest BCUT2D eigenvalue weighted by atomic mass is 10.2. The van der Waals surface area contributed by atoms with Crippen molar-refractivity contribution in [2.24, 2.45) is 5.73 Å². The average molecular weight is 267 g/mol. The maximum absolute atomic E-state index is 5.81. The monoisotopic (exact) mass is 267 g/mol. The minimum atomic E-state index is -0.0436. The van der Waals surface area contributed by atoms with Gasteiger partial charge in [0.25, 0.3) is 0 Å². The highest BCUT2D eigenvalue weighted by molar-refractivity contribution is 5.45. The second kappa shape index (κ2) is 8.09. The lowest BCUT2D eigenvalue weighted by Crippen LogP contribution is -2.38. The SMILES string of the molecule is COCCN(c1ccc([C@@H](C)N)nc1)C(C)COC. The molecule has 0 saturated heterocycles. The molecule has 0 radical (unpaired) electrons. The molecule has 1 aromatic rings. The maximum Gasteiger partial charge on any atom is 0.0663 e. The number of pyridine rings is 1. The smallest absolute Gasteiger partial charge is 0.0663 e. The van der Waals surface area contributed by atoms with Gasteiger partial charge in [0, 0.05) is 32.8 Å². The summed E-state index contributed by atoms with van der Waals surface area (Å²) in [5.74, 6) is 0. The van der Waals surface area contributed by atoms with Gasteiger partial charge in [-0.2, -0.15) is 0 Å². The molecule has 5 heteroatoms. The Morgan fingerprint density at radius 2 is 2.00 bits per heavy atom. The molecule has 2 N–H and O–H groups in total. The number of hydrogen-bond donors (Lipinski definition) is 1. The van der Waals surface area contributed by atoms with Crippen LogP contribution in [0.15, 0.2) is 18.3 Å². The number of hydrogen-bond acceptors (Lipinski definition) is 5. The van der Waals surface area contributed by atoms with E-state index >= 15 is 0 Å². The molecule has 0 bridgehead atoms. The predicted octanol–water partition coefficient (Wildman–Crippen LogP) is 1.59. The minimum Gasteiger partial charge on any atom is -0.383 e. The Balaban J connectivity index is 2.83. The molecule has 0 aliphatic rings. The Morgan fingerprint density at radius 3 is 2.47 bits per heavy atom. The first kappa shape index (κ1) is 15.9. The van der Waals surface area contributed by atoms with Gasteiger partial charge in [-0.15, -0.1) is 0 Å². The van der Waals surface area contributed by atoms with Crippen LogP contribution in [0, 0.1) is 0 Å². The largest absolute Gasteiger partial charge is 0.383 e. The van der Waals surface area contributed by atoms with Gasteiger partial charge in [0.2, 0.25) is 0 Å². The summed E-state index contributed by atoms with van der Waals surface area (Å²) in [7, 11) is 3.42. The highest BCUT2D eigenvalue weighted by Crippen LogP contribution is 2.18. The molecule has 1 heterocycles. The zero-order chi connectivity index (χ0) is 14.3. The molecule has 1 rings (SSSR count). The third kappa shape index (κ3) is 4.78. The van der Waals surface area contributed by atoms with Crippen molar-refractivity contribution < 1.29 is 9.47 Å². The van der Waals surface area contributed by atoms with Crippen LogP contribution >= 0.6 is 0 Å². The van der Waals surface area contributed by atoms with Gasteiger partial charge in [-0.1, -0.05) is 0 Å². The molecule has 19 heavy (non-hydrogen) atoms. The van der Waals surface area contributed by atoms with Crippen LogP contribution in [0.2, 0.25) is 0 Å². The van der Waals surface area contributed by atoms with E-state index in [4.69, 9.17) is 15.2 Å². The summed E-state index contributed by atoms with van der Waals surface area (Å²) in [6.45, 7) is 6.19. The average Bonchev–Trinajstić information content (AvgIpc) is 2.40. The molecule has 2 atom stereocenters. The van der Waals surface area contributed by atoms with E-state index in [1.807, 2.05) is 25.3 Å². The first-order chi connectivity index (χ1) is 9.10. The molecule has 108 valence electrons. The van der Waals surface area contributed by atoms with E-state index in [9.17, 15) is 0 Å². The van der Waals surface area contributed by atoms with Crippen molar-refractivity contribution in [1.29, 1.82) is 0 Å². The Hall–Kier alpha value is -1.17. The van der Waals surface area contributed by atoms with E-state index in [2.05, 4.69) is 16.8 Å². The summed E-state index contributed by atoms with van der Waals surface area (Å²) in [6, 6.07) is 4.24. The molecule has 0 aliphatic heterocycles. The number of methoxy groups -OCH3 is 2. The molecule has 0 aromatic carbocycles. The van der Waals surface area contributed by atoms with Gasteiger partial charge in [0.1, 0.15) is 0 Å². The minimum absolute atomic E-state index is 0.0436. The van der Waals surface area contributed by atoms with Crippen LogP contribution < -0.4 is 10.6 Å². The first-order valence-electron chi connectivity index (χ1n) is 6.56. The maximum atomic E-state index is 5.81. The molecule has 0 amide bonds. The summed E-state index contributed by atoms with van der Waals surface area (Å²) in [6.07, 6.45) is 1.86. The fourth-order valence-electron chi connectivity index (χ4n) is 1.96. The van der Waals surface area contributed by atoms with E-state index in [0.29, 0.717) is 13.2 Å². The van der Waals surface area contributed by atoms with Crippen molar-refractivity contribution >= 4 is 5.69 Å². The number of aromatic nitrogens is 1. The Labute approximate surface area is 115 Å². The molecular formula is C14H25N3O2. The molecule has 1 unspecified atom stereocenters. The Morgan fingerprint density at radius 1 is 1.26 bits per heavy atom. The molecule has 0 saturated carbocycles. The fraction of sp³-hybridized carbons (Fsp3) is 0.643. The van der Waals surface area contributed by atoms with Gasteiger partial charge >= 0.3 is 0 Å². The highest BCUT2D eigenvalue weighted by Gasteiger charge is 2.15. The molecule has 0 aliphatic carbocycles. The molecule has 0 spiro atoms. The number of nitrogens with two attached hydrogens (primary N) is 1. The van der Waals surface area contributed by atoms with Gasteiger partial charge < -0.3 is 20.1 Å². The van der Waals surface area contributed by atoms with E-state index in [1.165, 1.54) is 0 Å². The van der Waals surface area contributed by atoms with Gasteiger partial charge in [0.05, 0.1) is 30.8 Å². The second-order valence-electron chi connectivity index (χ2n) is 4.72. The third-order valence-electron chi connectivity index (χ3n) is 3.05. The van der Waals surface area contributed by atoms with Crippen molar-refractivity contribution in [3.63, 3.8) is 0 Å². The van der Waals surface area contributed by atoms with Crippen LogP contribution in [-0.2, 0) is 9.47 Å². The van der Waals surface area contributed by atoms with Crippen molar-refractivity contribution in [3.05, 3.63) is 24.0 Å². The lowest BCUT2D eigenvalue weighted by molar-refractivity contribution is 0.171. The van der Waals surface area contributed by atoms with Crippen LogP contribution in [0.3, 0.4) is 0 Å². The van der Waals surface area contributed by atoms with Gasteiger partial charge in [-0.25, -0.2) is 0 Å². The number of rotatable bonds is 8. The van der Waals surface area contributed by atoms with Crippen LogP contribution in [-0.4, -0.2) is 45.0 Å². The summed E-state index contributed by atoms with van der Waals surface area (Å²) in [4.78, 5) is 6.63. The van der Waals surface area contributed by atoms with E-state index in [0.717, 1.165) is 17.9 Å². The van der Waals surface area contributed by atoms with Crippen molar-refractivity contribution in [2.45, 2.75) is 25.9 Å². The molecule has 5 nitrogen and oxygen atoms in total. The lowest BCUT2D eigenvalue weighted by Gasteiger charge is -2.30. The zero-order valence-corrected chi connectivity index (χ0v) is 12.3.